The molecule has 3 heterocycles. The molecule has 0 radical (unpaired) electrons. The highest BCUT2D eigenvalue weighted by Crippen LogP contribution is 2.38. The van der Waals surface area contributed by atoms with Crippen LogP contribution in [0.25, 0.3) is 0 Å². The van der Waals surface area contributed by atoms with Crippen molar-refractivity contribution >= 4 is 23.6 Å². The highest BCUT2D eigenvalue weighted by molar-refractivity contribution is 8.00. The molecule has 4 rings (SSSR count). The van der Waals surface area contributed by atoms with E-state index >= 15 is 0 Å². The maximum Gasteiger partial charge on any atom is 0.253 e. The molecule has 0 aliphatic carbocycles. The van der Waals surface area contributed by atoms with Crippen LogP contribution in [0.3, 0.4) is 0 Å². The third-order valence-corrected chi connectivity index (χ3v) is 6.73. The Morgan fingerprint density at radius 1 is 1.09 bits per heavy atom. The number of carbonyl (C=O) groups is 2. The van der Waals surface area contributed by atoms with Crippen molar-refractivity contribution in [3.8, 4) is 0 Å². The maximum atomic E-state index is 12.7. The minimum Gasteiger partial charge on any atom is -0.339 e. The lowest BCUT2D eigenvalue weighted by atomic mass is 9.94. The van der Waals surface area contributed by atoms with Gasteiger partial charge in [0.25, 0.3) is 5.91 Å². The molecule has 4 nitrogen and oxygen atoms in total. The largest absolute Gasteiger partial charge is 0.339 e. The smallest absolute Gasteiger partial charge is 0.253 e. The van der Waals surface area contributed by atoms with E-state index in [1.807, 2.05) is 47.0 Å². The second-order valence-electron chi connectivity index (χ2n) is 6.77. The monoisotopic (exact) mass is 330 g/mol. The SMILES string of the molecule is O=C(c1ccccc1)N1CCC(C(=O)N2CC3CC2CS3)CC1. The Hall–Kier alpha value is -1.49. The summed E-state index contributed by atoms with van der Waals surface area (Å²) < 4.78 is 0. The molecule has 5 heteroatoms. The predicted octanol–water partition coefficient (Wildman–Crippen LogP) is 2.26. The first-order chi connectivity index (χ1) is 11.2. The summed E-state index contributed by atoms with van der Waals surface area (Å²) in [6.45, 7) is 2.33. The molecule has 0 saturated carbocycles. The van der Waals surface area contributed by atoms with Crippen LogP contribution in [0.2, 0.25) is 0 Å². The van der Waals surface area contributed by atoms with Crippen molar-refractivity contribution in [2.75, 3.05) is 25.4 Å². The molecule has 0 spiro atoms. The number of amides is 2. The van der Waals surface area contributed by atoms with Gasteiger partial charge in [-0.15, -0.1) is 0 Å². The molecule has 3 saturated heterocycles. The topological polar surface area (TPSA) is 40.6 Å². The van der Waals surface area contributed by atoms with Crippen molar-refractivity contribution in [1.82, 2.24) is 9.80 Å². The molecule has 0 aromatic heterocycles. The van der Waals surface area contributed by atoms with Gasteiger partial charge in [-0.3, -0.25) is 9.59 Å². The minimum absolute atomic E-state index is 0.0909. The van der Waals surface area contributed by atoms with Gasteiger partial charge in [-0.2, -0.15) is 11.8 Å². The average Bonchev–Trinajstić information content (AvgIpc) is 3.25. The lowest BCUT2D eigenvalue weighted by Gasteiger charge is -2.35. The molecule has 3 aliphatic rings. The fraction of sp³-hybridized carbons (Fsp3) is 0.556. The van der Waals surface area contributed by atoms with Gasteiger partial charge in [0.2, 0.25) is 5.91 Å². The fourth-order valence-corrected chi connectivity index (χ4v) is 5.43. The Morgan fingerprint density at radius 2 is 1.83 bits per heavy atom. The van der Waals surface area contributed by atoms with E-state index in [0.29, 0.717) is 30.3 Å². The molecule has 1 aromatic rings. The average molecular weight is 330 g/mol. The first-order valence-electron chi connectivity index (χ1n) is 8.49. The predicted molar refractivity (Wildman–Crippen MR) is 91.4 cm³/mol. The van der Waals surface area contributed by atoms with E-state index in [1.54, 1.807) is 0 Å². The molecule has 23 heavy (non-hydrogen) atoms. The van der Waals surface area contributed by atoms with Crippen LogP contribution in [-0.4, -0.2) is 58.3 Å². The number of hydrogen-bond donors (Lipinski definition) is 0. The number of likely N-dealkylation sites (tertiary alicyclic amines) is 2. The highest BCUT2D eigenvalue weighted by atomic mass is 32.2. The molecule has 3 aliphatic heterocycles. The molecular formula is C18H22N2O2S. The molecule has 1 aromatic carbocycles. The summed E-state index contributed by atoms with van der Waals surface area (Å²) in [7, 11) is 0. The first-order valence-corrected chi connectivity index (χ1v) is 9.53. The van der Waals surface area contributed by atoms with Crippen LogP contribution < -0.4 is 0 Å². The Morgan fingerprint density at radius 3 is 2.43 bits per heavy atom. The first kappa shape index (κ1) is 15.1. The summed E-state index contributed by atoms with van der Waals surface area (Å²) in [6, 6.07) is 9.90. The van der Waals surface area contributed by atoms with Gasteiger partial charge in [0.15, 0.2) is 0 Å². The molecule has 3 fully saturated rings. The van der Waals surface area contributed by atoms with Crippen molar-refractivity contribution < 1.29 is 9.59 Å². The normalized spacial score (nSPS) is 27.5. The zero-order valence-corrected chi connectivity index (χ0v) is 14.0. The van der Waals surface area contributed by atoms with Crippen molar-refractivity contribution in [3.63, 3.8) is 0 Å². The standard InChI is InChI=1S/C18H22N2O2S/c21-17(13-4-2-1-3-5-13)19-8-6-14(7-9-19)18(22)20-11-16-10-15(20)12-23-16/h1-5,14-16H,6-12H2. The summed E-state index contributed by atoms with van der Waals surface area (Å²) in [5, 5.41) is 0.670. The van der Waals surface area contributed by atoms with Crippen LogP contribution in [0.4, 0.5) is 0 Å². The quantitative estimate of drug-likeness (QED) is 0.835. The van der Waals surface area contributed by atoms with Gasteiger partial charge in [-0.05, 0) is 31.4 Å². The molecule has 2 amide bonds. The van der Waals surface area contributed by atoms with Gasteiger partial charge in [0.05, 0.1) is 0 Å². The highest BCUT2D eigenvalue weighted by Gasteiger charge is 2.43. The van der Waals surface area contributed by atoms with E-state index in [-0.39, 0.29) is 11.8 Å². The van der Waals surface area contributed by atoms with E-state index in [0.717, 1.165) is 30.7 Å². The zero-order valence-electron chi connectivity index (χ0n) is 13.2. The molecule has 2 unspecified atom stereocenters. The molecule has 0 N–H and O–H groups in total. The van der Waals surface area contributed by atoms with E-state index < -0.39 is 0 Å². The van der Waals surface area contributed by atoms with Gasteiger partial charge < -0.3 is 9.80 Å². The molecule has 122 valence electrons. The minimum atomic E-state index is 0.0909. The number of rotatable bonds is 2. The van der Waals surface area contributed by atoms with Crippen molar-refractivity contribution in [3.05, 3.63) is 35.9 Å². The Bertz CT molecular complexity index is 598. The second kappa shape index (κ2) is 6.19. The van der Waals surface area contributed by atoms with E-state index in [4.69, 9.17) is 0 Å². The summed E-state index contributed by atoms with van der Waals surface area (Å²) in [5.41, 5.74) is 0.742. The fourth-order valence-electron chi connectivity index (χ4n) is 4.00. The van der Waals surface area contributed by atoms with Crippen LogP contribution >= 0.6 is 11.8 Å². The number of benzene rings is 1. The van der Waals surface area contributed by atoms with Crippen LogP contribution in [-0.2, 0) is 4.79 Å². The van der Waals surface area contributed by atoms with Crippen molar-refractivity contribution in [2.24, 2.45) is 5.92 Å². The van der Waals surface area contributed by atoms with Crippen LogP contribution in [0.5, 0.6) is 0 Å². The van der Waals surface area contributed by atoms with Gasteiger partial charge in [0, 0.05) is 48.2 Å². The Balaban J connectivity index is 1.34. The zero-order chi connectivity index (χ0) is 15.8. The lowest BCUT2D eigenvalue weighted by Crippen LogP contribution is -2.47. The van der Waals surface area contributed by atoms with Gasteiger partial charge in [-0.25, -0.2) is 0 Å². The van der Waals surface area contributed by atoms with Crippen molar-refractivity contribution in [2.45, 2.75) is 30.6 Å². The summed E-state index contributed by atoms with van der Waals surface area (Å²) >= 11 is 2.02. The van der Waals surface area contributed by atoms with Crippen LogP contribution in [0.15, 0.2) is 30.3 Å². The third-order valence-electron chi connectivity index (χ3n) is 5.34. The molecule has 2 atom stereocenters. The Labute approximate surface area is 141 Å². The maximum absolute atomic E-state index is 12.7. The summed E-state index contributed by atoms with van der Waals surface area (Å²) in [4.78, 5) is 29.2. The van der Waals surface area contributed by atoms with Gasteiger partial charge in [0.1, 0.15) is 0 Å². The molecular weight excluding hydrogens is 308 g/mol. The number of nitrogens with zero attached hydrogens (tertiary/aromatic N) is 2. The van der Waals surface area contributed by atoms with Gasteiger partial charge in [-0.1, -0.05) is 18.2 Å². The number of piperidine rings is 1. The van der Waals surface area contributed by atoms with E-state index in [9.17, 15) is 9.59 Å². The van der Waals surface area contributed by atoms with E-state index in [1.165, 1.54) is 6.42 Å². The second-order valence-corrected chi connectivity index (χ2v) is 8.10. The number of thioether (sulfide) groups is 1. The Kier molecular flexibility index (Phi) is 4.05. The lowest BCUT2D eigenvalue weighted by molar-refractivity contribution is -0.137. The third kappa shape index (κ3) is 2.87. The van der Waals surface area contributed by atoms with Crippen LogP contribution in [0, 0.1) is 5.92 Å². The van der Waals surface area contributed by atoms with E-state index in [2.05, 4.69) is 4.90 Å². The number of fused-ring (bicyclic) bond motifs is 2. The molecule has 2 bridgehead atoms. The van der Waals surface area contributed by atoms with Crippen LogP contribution in [0.1, 0.15) is 29.6 Å². The summed E-state index contributed by atoms with van der Waals surface area (Å²) in [5.74, 6) is 1.65. The number of hydrogen-bond acceptors (Lipinski definition) is 3. The summed E-state index contributed by atoms with van der Waals surface area (Å²) in [6.07, 6.45) is 2.79. The van der Waals surface area contributed by atoms with Gasteiger partial charge >= 0.3 is 0 Å². The van der Waals surface area contributed by atoms with Crippen molar-refractivity contribution in [1.29, 1.82) is 0 Å². The number of carbonyl (C=O) groups excluding carboxylic acids is 2.